The van der Waals surface area contributed by atoms with Crippen molar-refractivity contribution in [3.63, 3.8) is 0 Å². The van der Waals surface area contributed by atoms with Gasteiger partial charge in [0.1, 0.15) is 5.82 Å². The Hall–Kier alpha value is -3.11. The predicted molar refractivity (Wildman–Crippen MR) is 123 cm³/mol. The van der Waals surface area contributed by atoms with Crippen molar-refractivity contribution in [1.82, 2.24) is 0 Å². The second-order valence-electron chi connectivity index (χ2n) is 8.09. The van der Waals surface area contributed by atoms with Crippen LogP contribution in [0.3, 0.4) is 0 Å². The fourth-order valence-electron chi connectivity index (χ4n) is 3.34. The zero-order chi connectivity index (χ0) is 30.4. The second kappa shape index (κ2) is 10.4. The Kier molecular flexibility index (Phi) is 8.15. The number of rotatable bonds is 9. The normalized spacial score (nSPS) is 15.8. The van der Waals surface area contributed by atoms with Crippen LogP contribution in [0.5, 0.6) is 0 Å². The van der Waals surface area contributed by atoms with Gasteiger partial charge in [-0.25, -0.2) is 8.02 Å². The third kappa shape index (κ3) is 5.07. The van der Waals surface area contributed by atoms with Crippen molar-refractivity contribution >= 4 is 26.2 Å². The molecule has 0 amide bonds. The third-order valence-electron chi connectivity index (χ3n) is 5.43. The molecule has 0 saturated heterocycles. The van der Waals surface area contributed by atoms with Crippen molar-refractivity contribution in [1.29, 1.82) is 0 Å². The van der Waals surface area contributed by atoms with Gasteiger partial charge in [-0.1, -0.05) is 30.3 Å². The molecule has 4 nitrogen and oxygen atoms in total. The summed E-state index contributed by atoms with van der Waals surface area (Å²) in [6.07, 6.45) is -7.28. The van der Waals surface area contributed by atoms with Gasteiger partial charge in [0.15, 0.2) is 5.78 Å². The van der Waals surface area contributed by atoms with Crippen LogP contribution in [-0.4, -0.2) is 37.5 Å². The standard InChI is InChI=1S/C24H16F10O4S2/c1-15(35)16-7-11-19(12-8-16)39(18-5-3-2-4-6-18,20-13-9-17(25)10-14-20)38-40(36,37)24(33,34)22(28,29)21(26,27)23(30,31)32/h2-14H,1H3. The van der Waals surface area contributed by atoms with Gasteiger partial charge in [0.25, 0.3) is 0 Å². The molecule has 16 heteroatoms. The number of benzene rings is 3. The highest BCUT2D eigenvalue weighted by molar-refractivity contribution is 8.33. The van der Waals surface area contributed by atoms with Gasteiger partial charge < -0.3 is 0 Å². The molecule has 1 unspecified atom stereocenters. The fourth-order valence-corrected chi connectivity index (χ4v) is 8.54. The van der Waals surface area contributed by atoms with Crippen molar-refractivity contribution in [3.05, 3.63) is 90.2 Å². The highest BCUT2D eigenvalue weighted by Gasteiger charge is 2.86. The van der Waals surface area contributed by atoms with Crippen LogP contribution in [0.4, 0.5) is 43.9 Å². The van der Waals surface area contributed by atoms with E-state index in [9.17, 15) is 57.1 Å². The van der Waals surface area contributed by atoms with E-state index in [0.717, 1.165) is 55.5 Å². The lowest BCUT2D eigenvalue weighted by Crippen LogP contribution is -2.63. The van der Waals surface area contributed by atoms with Crippen molar-refractivity contribution in [2.45, 2.75) is 44.9 Å². The summed E-state index contributed by atoms with van der Waals surface area (Å²) < 4.78 is 167. The number of carbonyl (C=O) groups excluding carboxylic acids is 1. The highest BCUT2D eigenvalue weighted by atomic mass is 32.3. The minimum atomic E-state index is -7.54. The van der Waals surface area contributed by atoms with Crippen LogP contribution in [0, 0.1) is 5.82 Å². The molecule has 0 heterocycles. The van der Waals surface area contributed by atoms with Crippen LogP contribution in [0.2, 0.25) is 0 Å². The van der Waals surface area contributed by atoms with Gasteiger partial charge in [0.05, 0.1) is 0 Å². The number of ketones is 1. The Morgan fingerprint density at radius 1 is 0.650 bits per heavy atom. The minimum Gasteiger partial charge on any atom is -0.295 e. The molecule has 0 fully saturated rings. The number of hydrogen-bond donors (Lipinski definition) is 0. The highest BCUT2D eigenvalue weighted by Crippen LogP contribution is 2.71. The maximum absolute atomic E-state index is 14.8. The quantitative estimate of drug-likeness (QED) is 0.179. The van der Waals surface area contributed by atoms with Crippen LogP contribution in [0.25, 0.3) is 0 Å². The number of alkyl halides is 9. The lowest BCUT2D eigenvalue weighted by Gasteiger charge is -2.41. The molecule has 3 rings (SSSR count). The van der Waals surface area contributed by atoms with Crippen molar-refractivity contribution in [2.24, 2.45) is 0 Å². The molecule has 1 atom stereocenters. The summed E-state index contributed by atoms with van der Waals surface area (Å²) in [4.78, 5) is 10.5. The smallest absolute Gasteiger partial charge is 0.295 e. The van der Waals surface area contributed by atoms with Crippen molar-refractivity contribution < 1.29 is 60.7 Å². The topological polar surface area (TPSA) is 60.4 Å². The summed E-state index contributed by atoms with van der Waals surface area (Å²) >= 11 is 0. The monoisotopic (exact) mass is 622 g/mol. The van der Waals surface area contributed by atoms with E-state index in [1.807, 2.05) is 0 Å². The molecule has 0 aliphatic rings. The lowest BCUT2D eigenvalue weighted by atomic mass is 10.1. The molecule has 0 radical (unpaired) electrons. The van der Waals surface area contributed by atoms with Gasteiger partial charge in [-0.2, -0.15) is 47.9 Å². The van der Waals surface area contributed by atoms with Crippen LogP contribution in [-0.2, 0) is 13.7 Å². The molecule has 0 spiro atoms. The molecule has 3 aromatic rings. The predicted octanol–water partition coefficient (Wildman–Crippen LogP) is 8.00. The Bertz CT molecular complexity index is 1470. The van der Waals surface area contributed by atoms with Gasteiger partial charge in [-0.15, -0.1) is 0 Å². The Labute approximate surface area is 222 Å². The summed E-state index contributed by atoms with van der Waals surface area (Å²) in [6.45, 7) is 1.14. The van der Waals surface area contributed by atoms with E-state index >= 15 is 0 Å². The van der Waals surface area contributed by atoms with E-state index in [1.165, 1.54) is 18.2 Å². The van der Waals surface area contributed by atoms with Gasteiger partial charge in [-0.3, -0.25) is 4.79 Å². The minimum absolute atomic E-state index is 0.00811. The molecular formula is C24H16F10O4S2. The van der Waals surface area contributed by atoms with Gasteiger partial charge in [-0.05, 0) is 65.8 Å². The van der Waals surface area contributed by atoms with Gasteiger partial charge in [0.2, 0.25) is 0 Å². The first kappa shape index (κ1) is 31.4. The van der Waals surface area contributed by atoms with Crippen molar-refractivity contribution in [2.75, 3.05) is 0 Å². The molecule has 40 heavy (non-hydrogen) atoms. The van der Waals surface area contributed by atoms with Crippen LogP contribution in [0.1, 0.15) is 17.3 Å². The number of hydrogen-bond acceptors (Lipinski definition) is 4. The maximum Gasteiger partial charge on any atom is 0.460 e. The van der Waals surface area contributed by atoms with Gasteiger partial charge in [0, 0.05) is 20.2 Å². The molecule has 0 bridgehead atoms. The molecular weight excluding hydrogens is 606 g/mol. The molecule has 0 N–H and O–H groups in total. The zero-order valence-corrected chi connectivity index (χ0v) is 21.4. The molecule has 0 aliphatic heterocycles. The molecule has 218 valence electrons. The summed E-state index contributed by atoms with van der Waals surface area (Å²) in [7, 11) is -11.7. The van der Waals surface area contributed by atoms with Crippen molar-refractivity contribution in [3.8, 4) is 0 Å². The molecule has 0 aliphatic carbocycles. The van der Waals surface area contributed by atoms with E-state index in [1.54, 1.807) is 0 Å². The van der Waals surface area contributed by atoms with Crippen LogP contribution in [0.15, 0.2) is 93.5 Å². The van der Waals surface area contributed by atoms with Crippen LogP contribution >= 0.6 is 10.3 Å². The Balaban J connectivity index is 2.38. The first-order valence-electron chi connectivity index (χ1n) is 10.6. The maximum atomic E-state index is 14.8. The number of halogens is 10. The van der Waals surface area contributed by atoms with E-state index < -0.39 is 65.1 Å². The largest absolute Gasteiger partial charge is 0.460 e. The van der Waals surface area contributed by atoms with E-state index in [2.05, 4.69) is 0 Å². The average Bonchev–Trinajstić information content (AvgIpc) is 2.87. The summed E-state index contributed by atoms with van der Waals surface area (Å²) in [5.74, 6) is -16.5. The SMILES string of the molecule is CC(=O)c1ccc(S(OS(=O)(=O)C(F)(F)C(F)(F)C(F)(F)C(F)(F)F)(c2ccccc2)c2ccc(F)cc2)cc1. The zero-order valence-electron chi connectivity index (χ0n) is 19.7. The summed E-state index contributed by atoms with van der Waals surface area (Å²) in [5.41, 5.74) is 0.00811. The average molecular weight is 623 g/mol. The third-order valence-corrected chi connectivity index (χ3v) is 10.7. The first-order chi connectivity index (χ1) is 18.2. The Morgan fingerprint density at radius 2 is 1.07 bits per heavy atom. The molecule has 0 aromatic heterocycles. The second-order valence-corrected chi connectivity index (χ2v) is 12.6. The van der Waals surface area contributed by atoms with E-state index in [-0.39, 0.29) is 10.5 Å². The Morgan fingerprint density at radius 3 is 1.50 bits per heavy atom. The summed E-state index contributed by atoms with van der Waals surface area (Å²) in [5, 5.41) is -7.15. The van der Waals surface area contributed by atoms with E-state index in [4.69, 9.17) is 3.63 Å². The molecule has 0 saturated carbocycles. The van der Waals surface area contributed by atoms with E-state index in [0.29, 0.717) is 12.1 Å². The van der Waals surface area contributed by atoms with Gasteiger partial charge >= 0.3 is 33.4 Å². The fraction of sp³-hybridized carbons (Fsp3) is 0.208. The molecule has 3 aromatic carbocycles. The number of carbonyl (C=O) groups is 1. The lowest BCUT2D eigenvalue weighted by molar-refractivity contribution is -0.382. The van der Waals surface area contributed by atoms with Crippen LogP contribution < -0.4 is 0 Å². The first-order valence-corrected chi connectivity index (χ1v) is 13.6. The number of Topliss-reactive ketones (excluding diaryl/α,β-unsaturated/α-hetero) is 1. The summed E-state index contributed by atoms with van der Waals surface area (Å²) in [6, 6.07) is 13.2.